The first-order chi connectivity index (χ1) is 24.5. The Hall–Kier alpha value is -3.88. The number of ether oxygens (including phenoxy) is 2. The van der Waals surface area contributed by atoms with Gasteiger partial charge in [-0.1, -0.05) is 75.2 Å². The fourth-order valence-corrected chi connectivity index (χ4v) is 7.68. The van der Waals surface area contributed by atoms with Gasteiger partial charge in [-0.3, -0.25) is 19.6 Å². The standard InChI is InChI=1S/C42H54N4O4/c1-3-5-33(25-41(47)45-37-15-19-49-20-16-37)39-23-35(27-43-39)31-11-7-29(8-12-31)30-9-13-32(14-10-30)36-24-40(44-28-36)34(6-4-2)26-42(48)46-38-17-21-50-22-18-38/h7-14,27-28,33-34,37-38H,3-6,15-26H2,1-2H3,(H,45,47)(H,46,48)/t33-,34-/m1/s1. The van der Waals surface area contributed by atoms with E-state index in [1.165, 1.54) is 33.4 Å². The van der Waals surface area contributed by atoms with E-state index >= 15 is 0 Å². The second-order valence-corrected chi connectivity index (χ2v) is 14.3. The molecule has 2 atom stereocenters. The summed E-state index contributed by atoms with van der Waals surface area (Å²) in [5.74, 6) is 0.597. The van der Waals surface area contributed by atoms with Gasteiger partial charge in [-0.15, -0.1) is 0 Å². The molecule has 2 aromatic carbocycles. The van der Waals surface area contributed by atoms with Crippen molar-refractivity contribution in [2.75, 3.05) is 26.4 Å². The molecule has 8 nitrogen and oxygen atoms in total. The third-order valence-corrected chi connectivity index (χ3v) is 10.6. The van der Waals surface area contributed by atoms with Gasteiger partial charge < -0.3 is 20.1 Å². The number of rotatable bonds is 15. The Morgan fingerprint density at radius 2 is 0.980 bits per heavy atom. The van der Waals surface area contributed by atoms with E-state index in [0.717, 1.165) is 102 Å². The van der Waals surface area contributed by atoms with Crippen LogP contribution in [-0.2, 0) is 19.1 Å². The zero-order chi connectivity index (χ0) is 34.7. The highest BCUT2D eigenvalue weighted by Crippen LogP contribution is 2.33. The molecule has 2 fully saturated rings. The highest BCUT2D eigenvalue weighted by Gasteiger charge is 2.26. The van der Waals surface area contributed by atoms with Crippen molar-refractivity contribution in [3.8, 4) is 11.1 Å². The topological polar surface area (TPSA) is 101 Å². The zero-order valence-corrected chi connectivity index (χ0v) is 29.9. The van der Waals surface area contributed by atoms with Crippen LogP contribution in [0.2, 0.25) is 0 Å². The number of aliphatic imine (C=N–C) groups is 2. The SMILES string of the molecule is CCC[C@H](CC(=O)NC1CCOCC1)C1=NC=C(c2ccc(-c3ccc(C4=CN=C([C@H](CCC)CC(=O)NC5CCOCC5)C4)cc3)cc2)C1. The van der Waals surface area contributed by atoms with E-state index in [1.54, 1.807) is 0 Å². The van der Waals surface area contributed by atoms with Crippen molar-refractivity contribution in [1.82, 2.24) is 10.6 Å². The van der Waals surface area contributed by atoms with Gasteiger partial charge in [0.2, 0.25) is 11.8 Å². The predicted octanol–water partition coefficient (Wildman–Crippen LogP) is 7.93. The number of nitrogens with one attached hydrogen (secondary N) is 2. The average Bonchev–Trinajstić information content (AvgIpc) is 3.84. The average molecular weight is 679 g/mol. The molecule has 266 valence electrons. The number of nitrogens with zero attached hydrogens (tertiary/aromatic N) is 2. The molecule has 4 aliphatic heterocycles. The Kier molecular flexibility index (Phi) is 12.8. The van der Waals surface area contributed by atoms with Crippen LogP contribution in [0.25, 0.3) is 22.3 Å². The summed E-state index contributed by atoms with van der Waals surface area (Å²) in [6, 6.07) is 17.9. The second kappa shape index (κ2) is 17.9. The first-order valence-electron chi connectivity index (χ1n) is 19.0. The van der Waals surface area contributed by atoms with Gasteiger partial charge in [0.25, 0.3) is 0 Å². The van der Waals surface area contributed by atoms with E-state index < -0.39 is 0 Å². The molecule has 6 rings (SSSR count). The lowest BCUT2D eigenvalue weighted by Gasteiger charge is -2.24. The van der Waals surface area contributed by atoms with Crippen LogP contribution in [0.4, 0.5) is 0 Å². The molecule has 4 heterocycles. The van der Waals surface area contributed by atoms with Gasteiger partial charge in [0.1, 0.15) is 0 Å². The number of hydrogen-bond donors (Lipinski definition) is 2. The summed E-state index contributed by atoms with van der Waals surface area (Å²) in [5, 5.41) is 6.45. The molecule has 2 saturated heterocycles. The van der Waals surface area contributed by atoms with E-state index in [-0.39, 0.29) is 35.7 Å². The maximum atomic E-state index is 12.9. The second-order valence-electron chi connectivity index (χ2n) is 14.3. The lowest BCUT2D eigenvalue weighted by atomic mass is 9.89. The van der Waals surface area contributed by atoms with Crippen LogP contribution in [0.5, 0.6) is 0 Å². The third-order valence-electron chi connectivity index (χ3n) is 10.6. The number of hydrogen-bond acceptors (Lipinski definition) is 6. The van der Waals surface area contributed by atoms with Crippen molar-refractivity contribution < 1.29 is 19.1 Å². The maximum absolute atomic E-state index is 12.9. The molecule has 0 aliphatic carbocycles. The number of allylic oxidation sites excluding steroid dienone is 2. The van der Waals surface area contributed by atoms with Gasteiger partial charge in [0.15, 0.2) is 0 Å². The molecule has 2 aromatic rings. The van der Waals surface area contributed by atoms with E-state index in [0.29, 0.717) is 12.8 Å². The van der Waals surface area contributed by atoms with Crippen LogP contribution in [-0.4, -0.2) is 61.7 Å². The predicted molar refractivity (Wildman–Crippen MR) is 202 cm³/mol. The van der Waals surface area contributed by atoms with E-state index in [4.69, 9.17) is 19.5 Å². The Labute approximate surface area is 297 Å². The molecule has 50 heavy (non-hydrogen) atoms. The van der Waals surface area contributed by atoms with E-state index in [2.05, 4.69) is 73.0 Å². The molecule has 0 spiro atoms. The minimum Gasteiger partial charge on any atom is -0.381 e. The summed E-state index contributed by atoms with van der Waals surface area (Å²) in [7, 11) is 0. The lowest BCUT2D eigenvalue weighted by molar-refractivity contribution is -0.123. The monoisotopic (exact) mass is 678 g/mol. The Morgan fingerprint density at radius 3 is 1.34 bits per heavy atom. The smallest absolute Gasteiger partial charge is 0.220 e. The van der Waals surface area contributed by atoms with Crippen molar-refractivity contribution in [3.05, 3.63) is 72.1 Å². The molecular weight excluding hydrogens is 624 g/mol. The van der Waals surface area contributed by atoms with Crippen LogP contribution in [0.3, 0.4) is 0 Å². The molecule has 0 bridgehead atoms. The molecule has 8 heteroatoms. The third kappa shape index (κ3) is 9.67. The summed E-state index contributed by atoms with van der Waals surface area (Å²) in [6.45, 7) is 7.25. The maximum Gasteiger partial charge on any atom is 0.220 e. The van der Waals surface area contributed by atoms with Crippen LogP contribution < -0.4 is 10.6 Å². The number of benzene rings is 2. The largest absolute Gasteiger partial charge is 0.381 e. The van der Waals surface area contributed by atoms with Crippen molar-refractivity contribution in [3.63, 3.8) is 0 Å². The highest BCUT2D eigenvalue weighted by molar-refractivity contribution is 6.02. The van der Waals surface area contributed by atoms with Crippen LogP contribution >= 0.6 is 0 Å². The van der Waals surface area contributed by atoms with Crippen molar-refractivity contribution in [2.24, 2.45) is 21.8 Å². The number of carbonyl (C=O) groups excluding carboxylic acids is 2. The van der Waals surface area contributed by atoms with Gasteiger partial charge in [-0.05, 0) is 71.9 Å². The lowest BCUT2D eigenvalue weighted by Crippen LogP contribution is -2.40. The molecule has 4 aliphatic rings. The summed E-state index contributed by atoms with van der Waals surface area (Å²) in [5.41, 5.74) is 9.35. The van der Waals surface area contributed by atoms with Crippen molar-refractivity contribution in [2.45, 2.75) is 103 Å². The fraction of sp³-hybridized carbons (Fsp3) is 0.524. The summed E-state index contributed by atoms with van der Waals surface area (Å²) >= 11 is 0. The minimum absolute atomic E-state index is 0.130. The summed E-state index contributed by atoms with van der Waals surface area (Å²) in [4.78, 5) is 35.4. The molecule has 2 amide bonds. The fourth-order valence-electron chi connectivity index (χ4n) is 7.68. The summed E-state index contributed by atoms with van der Waals surface area (Å²) < 4.78 is 10.9. The number of amides is 2. The Morgan fingerprint density at radius 1 is 0.620 bits per heavy atom. The zero-order valence-electron chi connectivity index (χ0n) is 29.9. The van der Waals surface area contributed by atoms with Gasteiger partial charge >= 0.3 is 0 Å². The van der Waals surface area contributed by atoms with Gasteiger partial charge in [0, 0.05) is 99.9 Å². The van der Waals surface area contributed by atoms with Crippen LogP contribution in [0, 0.1) is 11.8 Å². The van der Waals surface area contributed by atoms with Gasteiger partial charge in [0.05, 0.1) is 0 Å². The molecular formula is C42H54N4O4. The number of carbonyl (C=O) groups is 2. The Balaban J connectivity index is 0.996. The van der Waals surface area contributed by atoms with Crippen LogP contribution in [0.15, 0.2) is 70.9 Å². The van der Waals surface area contributed by atoms with Gasteiger partial charge in [-0.25, -0.2) is 0 Å². The first kappa shape index (κ1) is 35.9. The molecule has 0 unspecified atom stereocenters. The first-order valence-corrected chi connectivity index (χ1v) is 19.0. The van der Waals surface area contributed by atoms with Crippen molar-refractivity contribution >= 4 is 34.4 Å². The quantitative estimate of drug-likeness (QED) is 0.200. The molecule has 0 radical (unpaired) electrons. The van der Waals surface area contributed by atoms with Crippen molar-refractivity contribution in [1.29, 1.82) is 0 Å². The minimum atomic E-state index is 0.130. The molecule has 0 saturated carbocycles. The van der Waals surface area contributed by atoms with Gasteiger partial charge in [-0.2, -0.15) is 0 Å². The van der Waals surface area contributed by atoms with E-state index in [9.17, 15) is 9.59 Å². The Bertz CT molecular complexity index is 1460. The highest BCUT2D eigenvalue weighted by atomic mass is 16.5. The molecule has 0 aromatic heterocycles. The van der Waals surface area contributed by atoms with E-state index in [1.807, 2.05) is 12.4 Å². The molecule has 2 N–H and O–H groups in total. The summed E-state index contributed by atoms with van der Waals surface area (Å²) in [6.07, 6.45) is 14.1. The van der Waals surface area contributed by atoms with Crippen LogP contribution in [0.1, 0.15) is 102 Å². The normalized spacial score (nSPS) is 19.6.